The Hall–Kier alpha value is -0.900. The Labute approximate surface area is 83.5 Å². The molecule has 3 unspecified atom stereocenters. The minimum Gasteiger partial charge on any atom is -0.324 e. The molecule has 2 aliphatic rings. The maximum absolute atomic E-state index is 5.50. The number of fused-ring (bicyclic) bond motifs is 2. The van der Waals surface area contributed by atoms with E-state index in [1.165, 1.54) is 25.7 Å². The van der Waals surface area contributed by atoms with Crippen molar-refractivity contribution in [2.24, 2.45) is 17.6 Å². The fourth-order valence-corrected chi connectivity index (χ4v) is 3.10. The molecule has 1 heterocycles. The van der Waals surface area contributed by atoms with Crippen LogP contribution in [0, 0.1) is 11.8 Å². The van der Waals surface area contributed by atoms with Gasteiger partial charge in [-0.1, -0.05) is 6.42 Å². The summed E-state index contributed by atoms with van der Waals surface area (Å²) < 4.78 is 2.05. The first-order valence-corrected chi connectivity index (χ1v) is 5.47. The molecule has 2 aliphatic carbocycles. The Balaban J connectivity index is 1.82. The van der Waals surface area contributed by atoms with E-state index in [0.29, 0.717) is 12.6 Å². The summed E-state index contributed by atoms with van der Waals surface area (Å²) in [5.41, 5.74) is 5.50. The average Bonchev–Trinajstić information content (AvgIpc) is 2.93. The van der Waals surface area contributed by atoms with E-state index in [9.17, 15) is 0 Å². The van der Waals surface area contributed by atoms with E-state index in [1.54, 1.807) is 0 Å². The zero-order chi connectivity index (χ0) is 9.54. The van der Waals surface area contributed by atoms with Gasteiger partial charge in [-0.2, -0.15) is 5.10 Å². The fourth-order valence-electron chi connectivity index (χ4n) is 3.10. The summed E-state index contributed by atoms with van der Waals surface area (Å²) in [5.74, 6) is 2.58. The van der Waals surface area contributed by atoms with Gasteiger partial charge in [0.2, 0.25) is 0 Å². The van der Waals surface area contributed by atoms with Crippen LogP contribution in [0.3, 0.4) is 0 Å². The highest BCUT2D eigenvalue weighted by atomic mass is 15.4. The van der Waals surface area contributed by atoms with E-state index in [-0.39, 0.29) is 0 Å². The van der Waals surface area contributed by atoms with Gasteiger partial charge in [0, 0.05) is 0 Å². The van der Waals surface area contributed by atoms with Crippen molar-refractivity contribution in [1.29, 1.82) is 0 Å². The normalized spacial score (nSPS) is 35.4. The molecule has 14 heavy (non-hydrogen) atoms. The highest BCUT2D eigenvalue weighted by Crippen LogP contribution is 2.50. The zero-order valence-corrected chi connectivity index (χ0v) is 8.26. The van der Waals surface area contributed by atoms with Crippen molar-refractivity contribution in [1.82, 2.24) is 14.8 Å². The van der Waals surface area contributed by atoms with E-state index < -0.39 is 0 Å². The largest absolute Gasteiger partial charge is 0.324 e. The van der Waals surface area contributed by atoms with E-state index in [2.05, 4.69) is 10.1 Å². The van der Waals surface area contributed by atoms with Crippen molar-refractivity contribution in [3.8, 4) is 0 Å². The summed E-state index contributed by atoms with van der Waals surface area (Å²) in [6.45, 7) is 0.452. The molecule has 3 rings (SSSR count). The van der Waals surface area contributed by atoms with Gasteiger partial charge >= 0.3 is 0 Å². The summed E-state index contributed by atoms with van der Waals surface area (Å²) in [5, 5.41) is 4.41. The number of hydrogen-bond acceptors (Lipinski definition) is 3. The summed E-state index contributed by atoms with van der Waals surface area (Å²) in [6, 6.07) is 0.613. The molecule has 2 N–H and O–H groups in total. The topological polar surface area (TPSA) is 56.7 Å². The Morgan fingerprint density at radius 1 is 1.43 bits per heavy atom. The molecule has 1 aromatic heterocycles. The number of hydrogen-bond donors (Lipinski definition) is 1. The Morgan fingerprint density at radius 2 is 2.36 bits per heavy atom. The summed E-state index contributed by atoms with van der Waals surface area (Å²) in [7, 11) is 0. The van der Waals surface area contributed by atoms with Gasteiger partial charge in [0.15, 0.2) is 5.82 Å². The van der Waals surface area contributed by atoms with Gasteiger partial charge in [0.25, 0.3) is 0 Å². The Bertz CT molecular complexity index is 333. The smallest absolute Gasteiger partial charge is 0.164 e. The molecule has 0 amide bonds. The number of rotatable bonds is 2. The molecule has 76 valence electrons. The quantitative estimate of drug-likeness (QED) is 0.763. The molecule has 2 saturated carbocycles. The molecule has 4 heteroatoms. The minimum absolute atomic E-state index is 0.452. The van der Waals surface area contributed by atoms with Gasteiger partial charge in [0.1, 0.15) is 6.33 Å². The third kappa shape index (κ3) is 1.17. The van der Waals surface area contributed by atoms with Gasteiger partial charge in [0.05, 0.1) is 12.6 Å². The van der Waals surface area contributed by atoms with Crippen LogP contribution in [-0.4, -0.2) is 14.8 Å². The van der Waals surface area contributed by atoms with Crippen molar-refractivity contribution in [2.75, 3.05) is 0 Å². The highest BCUT2D eigenvalue weighted by molar-refractivity contribution is 4.94. The second kappa shape index (κ2) is 3.05. The van der Waals surface area contributed by atoms with Crippen LogP contribution >= 0.6 is 0 Å². The van der Waals surface area contributed by atoms with Gasteiger partial charge < -0.3 is 5.73 Å². The van der Waals surface area contributed by atoms with Crippen LogP contribution in [0.4, 0.5) is 0 Å². The second-order valence-electron chi connectivity index (χ2n) is 4.59. The molecule has 3 atom stereocenters. The third-order valence-corrected chi connectivity index (χ3v) is 3.78. The molecule has 1 aromatic rings. The predicted molar refractivity (Wildman–Crippen MR) is 52.4 cm³/mol. The molecule has 0 radical (unpaired) electrons. The van der Waals surface area contributed by atoms with E-state index in [4.69, 9.17) is 5.73 Å². The standard InChI is InChI=1S/C10H16N4/c11-5-10-12-6-14(13-10)9-4-7-1-2-8(9)3-7/h6-9H,1-5,11H2. The average molecular weight is 192 g/mol. The first-order chi connectivity index (χ1) is 6.86. The third-order valence-electron chi connectivity index (χ3n) is 3.78. The van der Waals surface area contributed by atoms with Gasteiger partial charge in [-0.3, -0.25) is 0 Å². The Kier molecular flexibility index (Phi) is 1.83. The van der Waals surface area contributed by atoms with Gasteiger partial charge in [-0.15, -0.1) is 0 Å². The lowest BCUT2D eigenvalue weighted by molar-refractivity contribution is 0.305. The van der Waals surface area contributed by atoms with Gasteiger partial charge in [-0.05, 0) is 31.1 Å². The first kappa shape index (κ1) is 8.41. The Morgan fingerprint density at radius 3 is 2.93 bits per heavy atom. The summed E-state index contributed by atoms with van der Waals surface area (Å²) in [4.78, 5) is 4.19. The van der Waals surface area contributed by atoms with Crippen LogP contribution in [0.1, 0.15) is 37.5 Å². The van der Waals surface area contributed by atoms with Crippen molar-refractivity contribution in [2.45, 2.75) is 38.3 Å². The number of nitrogens with zero attached hydrogens (tertiary/aromatic N) is 3. The van der Waals surface area contributed by atoms with Crippen LogP contribution in [0.5, 0.6) is 0 Å². The van der Waals surface area contributed by atoms with Gasteiger partial charge in [-0.25, -0.2) is 9.67 Å². The molecule has 0 aromatic carbocycles. The van der Waals surface area contributed by atoms with E-state index in [0.717, 1.165) is 17.7 Å². The zero-order valence-electron chi connectivity index (χ0n) is 8.26. The molecule has 4 nitrogen and oxygen atoms in total. The number of aromatic nitrogens is 3. The number of nitrogens with two attached hydrogens (primary N) is 1. The van der Waals surface area contributed by atoms with Crippen molar-refractivity contribution in [3.63, 3.8) is 0 Å². The van der Waals surface area contributed by atoms with Crippen molar-refractivity contribution < 1.29 is 0 Å². The van der Waals surface area contributed by atoms with Crippen molar-refractivity contribution in [3.05, 3.63) is 12.2 Å². The predicted octanol–water partition coefficient (Wildman–Crippen LogP) is 1.10. The monoisotopic (exact) mass is 192 g/mol. The molecule has 0 saturated heterocycles. The molecule has 0 aliphatic heterocycles. The molecule has 2 fully saturated rings. The minimum atomic E-state index is 0.452. The molecule has 0 spiro atoms. The van der Waals surface area contributed by atoms with Crippen LogP contribution in [0.2, 0.25) is 0 Å². The fraction of sp³-hybridized carbons (Fsp3) is 0.800. The van der Waals surface area contributed by atoms with Crippen LogP contribution in [-0.2, 0) is 6.54 Å². The lowest BCUT2D eigenvalue weighted by atomic mass is 9.96. The molecular weight excluding hydrogens is 176 g/mol. The lowest BCUT2D eigenvalue weighted by Crippen LogP contribution is -2.17. The van der Waals surface area contributed by atoms with E-state index >= 15 is 0 Å². The maximum atomic E-state index is 5.50. The molecule has 2 bridgehead atoms. The van der Waals surface area contributed by atoms with E-state index in [1.807, 2.05) is 11.0 Å². The molecular formula is C10H16N4. The summed E-state index contributed by atoms with van der Waals surface area (Å²) >= 11 is 0. The SMILES string of the molecule is NCc1ncn(C2CC3CCC2C3)n1. The van der Waals surface area contributed by atoms with Crippen LogP contribution in [0.15, 0.2) is 6.33 Å². The second-order valence-corrected chi connectivity index (χ2v) is 4.59. The van der Waals surface area contributed by atoms with Crippen LogP contribution in [0.25, 0.3) is 0 Å². The lowest BCUT2D eigenvalue weighted by Gasteiger charge is -2.21. The van der Waals surface area contributed by atoms with Crippen molar-refractivity contribution >= 4 is 0 Å². The highest BCUT2D eigenvalue weighted by Gasteiger charge is 2.40. The van der Waals surface area contributed by atoms with Crippen LogP contribution < -0.4 is 5.73 Å². The first-order valence-electron chi connectivity index (χ1n) is 5.47. The maximum Gasteiger partial charge on any atom is 0.164 e. The summed E-state index contributed by atoms with van der Waals surface area (Å²) in [6.07, 6.45) is 7.38.